The number of hydrogen-bond donors (Lipinski definition) is 0. The van der Waals surface area contributed by atoms with Crippen molar-refractivity contribution in [1.29, 1.82) is 0 Å². The molecule has 0 fully saturated rings. The van der Waals surface area contributed by atoms with Crippen LogP contribution < -0.4 is 0 Å². The first-order valence-corrected chi connectivity index (χ1v) is 4.56. The van der Waals surface area contributed by atoms with E-state index in [0.717, 1.165) is 23.4 Å². The van der Waals surface area contributed by atoms with Gasteiger partial charge in [-0.25, -0.2) is 0 Å². The first kappa shape index (κ1) is 12.5. The van der Waals surface area contributed by atoms with Gasteiger partial charge in [-0.3, -0.25) is 9.97 Å². The molecule has 0 aliphatic rings. The maximum Gasteiger partial charge on any atom is 0.0886 e. The Morgan fingerprint density at radius 1 is 1.00 bits per heavy atom. The number of pyridine rings is 2. The predicted molar refractivity (Wildman–Crippen MR) is 56.5 cm³/mol. The summed E-state index contributed by atoms with van der Waals surface area (Å²) in [5, 5.41) is 0. The van der Waals surface area contributed by atoms with E-state index < -0.39 is 0 Å². The first-order valence-electron chi connectivity index (χ1n) is 4.56. The van der Waals surface area contributed by atoms with E-state index in [1.165, 1.54) is 0 Å². The Bertz CT molecular complexity index is 398. The Kier molecular flexibility index (Phi) is 5.06. The Balaban J connectivity index is 0.00000112. The summed E-state index contributed by atoms with van der Waals surface area (Å²) >= 11 is 0. The molecule has 3 heteroatoms. The first-order chi connectivity index (χ1) is 6.90. The van der Waals surface area contributed by atoms with Gasteiger partial charge in [0.1, 0.15) is 0 Å². The second kappa shape index (κ2) is 6.09. The molecule has 0 aliphatic carbocycles. The molecule has 0 saturated carbocycles. The second-order valence-electron chi connectivity index (χ2n) is 3.02. The van der Waals surface area contributed by atoms with E-state index in [9.17, 15) is 0 Å². The molecule has 0 aliphatic heterocycles. The summed E-state index contributed by atoms with van der Waals surface area (Å²) in [6.45, 7) is 3.80. The third-order valence-electron chi connectivity index (χ3n) is 2.04. The van der Waals surface area contributed by atoms with E-state index in [4.69, 9.17) is 0 Å². The van der Waals surface area contributed by atoms with Crippen LogP contribution in [0.4, 0.5) is 0 Å². The van der Waals surface area contributed by atoms with Crippen LogP contribution in [0.3, 0.4) is 0 Å². The van der Waals surface area contributed by atoms with Crippen molar-refractivity contribution >= 4 is 0 Å². The summed E-state index contributed by atoms with van der Waals surface area (Å²) in [7, 11) is 0. The maximum absolute atomic E-state index is 4.32. The summed E-state index contributed by atoms with van der Waals surface area (Å²) in [5.74, 6) is 0. The quantitative estimate of drug-likeness (QED) is 0.785. The third kappa shape index (κ3) is 3.18. The topological polar surface area (TPSA) is 25.8 Å². The van der Waals surface area contributed by atoms with Crippen molar-refractivity contribution in [2.75, 3.05) is 0 Å². The van der Waals surface area contributed by atoms with Crippen molar-refractivity contribution < 1.29 is 32.7 Å². The van der Waals surface area contributed by atoms with Gasteiger partial charge in [-0.1, -0.05) is 17.7 Å². The van der Waals surface area contributed by atoms with Gasteiger partial charge in [0.15, 0.2) is 0 Å². The van der Waals surface area contributed by atoms with Crippen molar-refractivity contribution in [3.63, 3.8) is 0 Å². The van der Waals surface area contributed by atoms with Crippen LogP contribution in [0.2, 0.25) is 0 Å². The van der Waals surface area contributed by atoms with E-state index >= 15 is 0 Å². The second-order valence-corrected chi connectivity index (χ2v) is 3.02. The van der Waals surface area contributed by atoms with Crippen molar-refractivity contribution in [3.05, 3.63) is 55.2 Å². The smallest absolute Gasteiger partial charge is 0.0886 e. The molecule has 2 rings (SSSR count). The Hall–Kier alpha value is -0.596. The third-order valence-corrected chi connectivity index (χ3v) is 2.04. The molecular formula is C12H11N2Y-. The van der Waals surface area contributed by atoms with E-state index in [2.05, 4.69) is 16.9 Å². The van der Waals surface area contributed by atoms with Crippen molar-refractivity contribution in [3.8, 4) is 11.4 Å². The molecule has 0 aromatic carbocycles. The van der Waals surface area contributed by atoms with E-state index in [1.807, 2.05) is 36.5 Å². The number of rotatable bonds is 2. The number of aromatic nitrogens is 2. The van der Waals surface area contributed by atoms with Crippen LogP contribution in [-0.2, 0) is 39.1 Å². The molecule has 15 heavy (non-hydrogen) atoms. The minimum Gasteiger partial charge on any atom is -0.339 e. The molecular weight excluding hydrogens is 261 g/mol. The van der Waals surface area contributed by atoms with Gasteiger partial charge in [0.2, 0.25) is 0 Å². The molecule has 0 amide bonds. The zero-order chi connectivity index (χ0) is 9.80. The van der Waals surface area contributed by atoms with Crippen LogP contribution in [0.25, 0.3) is 11.4 Å². The average Bonchev–Trinajstić information content (AvgIpc) is 2.30. The summed E-state index contributed by atoms with van der Waals surface area (Å²) < 4.78 is 0. The number of hydrogen-bond acceptors (Lipinski definition) is 2. The molecule has 73 valence electrons. The van der Waals surface area contributed by atoms with Crippen molar-refractivity contribution in [2.24, 2.45) is 0 Å². The van der Waals surface area contributed by atoms with Gasteiger partial charge in [0.25, 0.3) is 0 Å². The van der Waals surface area contributed by atoms with Crippen molar-refractivity contribution in [2.45, 2.75) is 6.42 Å². The molecule has 0 atom stereocenters. The molecule has 0 N–H and O–H groups in total. The van der Waals surface area contributed by atoms with Crippen LogP contribution in [0, 0.1) is 6.92 Å². The van der Waals surface area contributed by atoms with E-state index in [0.29, 0.717) is 0 Å². The SMILES string of the molecule is [CH2-]Cc1ccc(-c2ccccn2)nc1.[Y]. The Morgan fingerprint density at radius 2 is 1.80 bits per heavy atom. The summed E-state index contributed by atoms with van der Waals surface area (Å²) in [4.78, 5) is 8.54. The Morgan fingerprint density at radius 3 is 2.33 bits per heavy atom. The largest absolute Gasteiger partial charge is 0.339 e. The van der Waals surface area contributed by atoms with Crippen LogP contribution in [0.1, 0.15) is 5.56 Å². The van der Waals surface area contributed by atoms with Crippen LogP contribution in [-0.4, -0.2) is 9.97 Å². The van der Waals surface area contributed by atoms with Crippen molar-refractivity contribution in [1.82, 2.24) is 9.97 Å². The zero-order valence-corrected chi connectivity index (χ0v) is 11.3. The molecule has 2 heterocycles. The fourth-order valence-corrected chi connectivity index (χ4v) is 1.24. The van der Waals surface area contributed by atoms with Crippen LogP contribution in [0.15, 0.2) is 42.7 Å². The van der Waals surface area contributed by atoms with E-state index in [1.54, 1.807) is 6.20 Å². The maximum atomic E-state index is 4.32. The monoisotopic (exact) mass is 272 g/mol. The minimum absolute atomic E-state index is 0. The van der Waals surface area contributed by atoms with Gasteiger partial charge < -0.3 is 6.92 Å². The molecule has 2 nitrogen and oxygen atoms in total. The number of nitrogens with zero attached hydrogens (tertiary/aromatic N) is 2. The fraction of sp³-hybridized carbons (Fsp3) is 0.0833. The summed E-state index contributed by atoms with van der Waals surface area (Å²) in [6, 6.07) is 9.81. The normalized spacial score (nSPS) is 9.40. The van der Waals surface area contributed by atoms with E-state index in [-0.39, 0.29) is 32.7 Å². The minimum atomic E-state index is 0. The zero-order valence-electron chi connectivity index (χ0n) is 8.43. The molecule has 0 unspecified atom stereocenters. The van der Waals surface area contributed by atoms with Gasteiger partial charge in [0.05, 0.1) is 11.4 Å². The van der Waals surface area contributed by atoms with Crippen LogP contribution in [0.5, 0.6) is 0 Å². The molecule has 2 aromatic heterocycles. The fourth-order valence-electron chi connectivity index (χ4n) is 1.24. The molecule has 2 aromatic rings. The predicted octanol–water partition coefficient (Wildman–Crippen LogP) is 2.52. The summed E-state index contributed by atoms with van der Waals surface area (Å²) in [5.41, 5.74) is 2.95. The van der Waals surface area contributed by atoms with Gasteiger partial charge in [0, 0.05) is 45.1 Å². The standard InChI is InChI=1S/C12H11N2.Y/c1-2-10-6-7-12(14-9-10)11-5-3-4-8-13-11;/h3-9H,1-2H2;/q-1;. The molecule has 0 bridgehead atoms. The molecule has 0 spiro atoms. The molecule has 1 radical (unpaired) electrons. The average molecular weight is 272 g/mol. The summed E-state index contributed by atoms with van der Waals surface area (Å²) in [6.07, 6.45) is 4.39. The van der Waals surface area contributed by atoms with Gasteiger partial charge in [-0.2, -0.15) is 6.42 Å². The van der Waals surface area contributed by atoms with Crippen LogP contribution >= 0.6 is 0 Å². The Labute approximate surface area is 115 Å². The van der Waals surface area contributed by atoms with Gasteiger partial charge in [-0.15, -0.1) is 0 Å². The van der Waals surface area contributed by atoms with Gasteiger partial charge in [-0.05, 0) is 18.2 Å². The molecule has 0 saturated heterocycles. The van der Waals surface area contributed by atoms with Gasteiger partial charge >= 0.3 is 0 Å².